The van der Waals surface area contributed by atoms with Crippen LogP contribution < -0.4 is 0 Å². The standard InChI is InChI=1S/C48H28O10/c49-39-35-33(23-14-12-21(13-15-23)24-17-18-27-29-19-16-22-6-1-2-7-25(22)47(29)58-32(27)20-24)36-38(42(52)46(56)44(54)40(36)50)34(37(35)41(51)45(55)43(39)53)30-10-5-9-28-26-8-3-4-11-31(26)57-48(28)30/h1-20,49-56H. The third-order valence-electron chi connectivity index (χ3n) is 11.3. The first-order valence-electron chi connectivity index (χ1n) is 18.2. The molecule has 0 aliphatic carbocycles. The maximum absolute atomic E-state index is 11.7. The number of furan rings is 2. The zero-order chi connectivity index (χ0) is 39.7. The van der Waals surface area contributed by atoms with Crippen molar-refractivity contribution in [2.45, 2.75) is 0 Å². The van der Waals surface area contributed by atoms with E-state index < -0.39 is 46.0 Å². The molecule has 10 heteroatoms. The molecule has 11 rings (SSSR count). The van der Waals surface area contributed by atoms with Crippen LogP contribution in [0.4, 0.5) is 0 Å². The molecule has 0 unspecified atom stereocenters. The average Bonchev–Trinajstić information content (AvgIpc) is 3.84. The number of phenolic OH excluding ortho intramolecular Hbond substituents is 8. The molecule has 9 aromatic carbocycles. The van der Waals surface area contributed by atoms with Crippen LogP contribution >= 0.6 is 0 Å². The molecule has 11 aromatic rings. The van der Waals surface area contributed by atoms with E-state index in [-0.39, 0.29) is 43.8 Å². The van der Waals surface area contributed by atoms with Crippen molar-refractivity contribution < 1.29 is 49.7 Å². The molecule has 2 heterocycles. The summed E-state index contributed by atoms with van der Waals surface area (Å²) in [6.07, 6.45) is 0. The van der Waals surface area contributed by atoms with Gasteiger partial charge in [-0.1, -0.05) is 97.1 Å². The molecule has 0 saturated carbocycles. The van der Waals surface area contributed by atoms with Crippen LogP contribution in [0.1, 0.15) is 0 Å². The van der Waals surface area contributed by atoms with Gasteiger partial charge >= 0.3 is 0 Å². The molecule has 0 aliphatic heterocycles. The van der Waals surface area contributed by atoms with E-state index in [9.17, 15) is 40.9 Å². The van der Waals surface area contributed by atoms with Gasteiger partial charge in [0.05, 0.1) is 0 Å². The van der Waals surface area contributed by atoms with Gasteiger partial charge < -0.3 is 49.7 Å². The zero-order valence-corrected chi connectivity index (χ0v) is 29.9. The molecule has 280 valence electrons. The van der Waals surface area contributed by atoms with Gasteiger partial charge in [0, 0.05) is 65.2 Å². The molecular formula is C48H28O10. The summed E-state index contributed by atoms with van der Waals surface area (Å²) in [6.45, 7) is 0. The molecule has 10 nitrogen and oxygen atoms in total. The van der Waals surface area contributed by atoms with E-state index in [0.29, 0.717) is 22.1 Å². The summed E-state index contributed by atoms with van der Waals surface area (Å²) in [6, 6.07) is 37.3. The van der Waals surface area contributed by atoms with Crippen molar-refractivity contribution in [2.75, 3.05) is 0 Å². The molecule has 2 aromatic heterocycles. The minimum Gasteiger partial charge on any atom is -0.504 e. The fourth-order valence-electron chi connectivity index (χ4n) is 8.63. The minimum atomic E-state index is -1.05. The third kappa shape index (κ3) is 4.30. The van der Waals surface area contributed by atoms with Crippen LogP contribution in [0.3, 0.4) is 0 Å². The van der Waals surface area contributed by atoms with Crippen LogP contribution in [-0.2, 0) is 0 Å². The Morgan fingerprint density at radius 1 is 0.310 bits per heavy atom. The van der Waals surface area contributed by atoms with Crippen LogP contribution in [0, 0.1) is 0 Å². The summed E-state index contributed by atoms with van der Waals surface area (Å²) in [7, 11) is 0. The quantitative estimate of drug-likeness (QED) is 0.0488. The Bertz CT molecular complexity index is 3510. The van der Waals surface area contributed by atoms with Crippen LogP contribution in [0.25, 0.3) is 110 Å². The van der Waals surface area contributed by atoms with Crippen LogP contribution in [0.2, 0.25) is 0 Å². The molecule has 8 N–H and O–H groups in total. The zero-order valence-electron chi connectivity index (χ0n) is 29.9. The molecular weight excluding hydrogens is 737 g/mol. The summed E-state index contributed by atoms with van der Waals surface area (Å²) < 4.78 is 12.7. The lowest BCUT2D eigenvalue weighted by Gasteiger charge is -2.22. The Kier molecular flexibility index (Phi) is 6.65. The molecule has 0 fully saturated rings. The Balaban J connectivity index is 1.20. The van der Waals surface area contributed by atoms with Crippen molar-refractivity contribution in [1.82, 2.24) is 0 Å². The number of aromatic hydroxyl groups is 8. The number of fused-ring (bicyclic) bond motifs is 10. The fraction of sp³-hybridized carbons (Fsp3) is 0. The van der Waals surface area contributed by atoms with Crippen LogP contribution in [-0.4, -0.2) is 40.9 Å². The maximum Gasteiger partial charge on any atom is 0.204 e. The largest absolute Gasteiger partial charge is 0.504 e. The van der Waals surface area contributed by atoms with Crippen molar-refractivity contribution in [1.29, 1.82) is 0 Å². The Morgan fingerprint density at radius 2 is 0.793 bits per heavy atom. The summed E-state index contributed by atoms with van der Waals surface area (Å²) in [5.74, 6) is -7.66. The van der Waals surface area contributed by atoms with E-state index in [1.54, 1.807) is 54.6 Å². The van der Waals surface area contributed by atoms with Crippen molar-refractivity contribution in [3.8, 4) is 79.4 Å². The fourth-order valence-corrected chi connectivity index (χ4v) is 8.63. The predicted octanol–water partition coefficient (Wildman–Crippen LogP) is 11.6. The second-order valence-electron chi connectivity index (χ2n) is 14.4. The van der Waals surface area contributed by atoms with Gasteiger partial charge in [-0.3, -0.25) is 0 Å². The SMILES string of the molecule is Oc1c(O)c(O)c2c(-c3cccc4c3oc3ccccc34)c3c(O)c(O)c(O)c(O)c3c(-c3ccc(-c4ccc5c(c4)oc4c6ccccc6ccc54)cc3)c2c1O. The van der Waals surface area contributed by atoms with E-state index in [2.05, 4.69) is 6.07 Å². The highest BCUT2D eigenvalue weighted by Crippen LogP contribution is 2.62. The Morgan fingerprint density at radius 3 is 1.47 bits per heavy atom. The summed E-state index contributed by atoms with van der Waals surface area (Å²) >= 11 is 0. The van der Waals surface area contributed by atoms with Gasteiger partial charge in [0.25, 0.3) is 0 Å². The monoisotopic (exact) mass is 764 g/mol. The smallest absolute Gasteiger partial charge is 0.204 e. The van der Waals surface area contributed by atoms with E-state index in [0.717, 1.165) is 43.6 Å². The van der Waals surface area contributed by atoms with Gasteiger partial charge in [-0.15, -0.1) is 0 Å². The Hall–Kier alpha value is -8.24. The first-order valence-corrected chi connectivity index (χ1v) is 18.2. The average molecular weight is 765 g/mol. The highest BCUT2D eigenvalue weighted by Gasteiger charge is 2.33. The number of para-hydroxylation sites is 2. The lowest BCUT2D eigenvalue weighted by atomic mass is 9.83. The highest BCUT2D eigenvalue weighted by atomic mass is 16.4. The van der Waals surface area contributed by atoms with E-state index >= 15 is 0 Å². The summed E-state index contributed by atoms with van der Waals surface area (Å²) in [5, 5.41) is 95.1. The summed E-state index contributed by atoms with van der Waals surface area (Å²) in [5.41, 5.74) is 4.22. The molecule has 0 amide bonds. The first kappa shape index (κ1) is 33.1. The molecule has 58 heavy (non-hydrogen) atoms. The van der Waals surface area contributed by atoms with Crippen molar-refractivity contribution in [3.63, 3.8) is 0 Å². The van der Waals surface area contributed by atoms with Gasteiger partial charge in [-0.2, -0.15) is 0 Å². The summed E-state index contributed by atoms with van der Waals surface area (Å²) in [4.78, 5) is 0. The predicted molar refractivity (Wildman–Crippen MR) is 223 cm³/mol. The van der Waals surface area contributed by atoms with Gasteiger partial charge in [-0.05, 0) is 46.3 Å². The van der Waals surface area contributed by atoms with Gasteiger partial charge in [0.1, 0.15) is 22.3 Å². The van der Waals surface area contributed by atoms with Gasteiger partial charge in [0.15, 0.2) is 23.0 Å². The second-order valence-corrected chi connectivity index (χ2v) is 14.4. The maximum atomic E-state index is 11.7. The van der Waals surface area contributed by atoms with Crippen LogP contribution in [0.5, 0.6) is 46.0 Å². The molecule has 0 saturated heterocycles. The topological polar surface area (TPSA) is 188 Å². The lowest BCUT2D eigenvalue weighted by Crippen LogP contribution is -1.95. The van der Waals surface area contributed by atoms with E-state index in [1.807, 2.05) is 60.7 Å². The molecule has 0 radical (unpaired) electrons. The Labute approximate surface area is 325 Å². The molecule has 0 spiro atoms. The van der Waals surface area contributed by atoms with E-state index in [4.69, 9.17) is 8.83 Å². The van der Waals surface area contributed by atoms with Crippen molar-refractivity contribution in [3.05, 3.63) is 121 Å². The normalized spacial score (nSPS) is 12.0. The van der Waals surface area contributed by atoms with Crippen LogP contribution in [0.15, 0.2) is 130 Å². The van der Waals surface area contributed by atoms with Gasteiger partial charge in [0.2, 0.25) is 23.0 Å². The third-order valence-corrected chi connectivity index (χ3v) is 11.3. The second kappa shape index (κ2) is 11.6. The molecule has 0 bridgehead atoms. The minimum absolute atomic E-state index is 0.0529. The number of benzene rings is 9. The van der Waals surface area contributed by atoms with Crippen molar-refractivity contribution >= 4 is 76.2 Å². The van der Waals surface area contributed by atoms with E-state index in [1.165, 1.54) is 0 Å². The number of rotatable bonds is 3. The molecule has 0 aliphatic rings. The lowest BCUT2D eigenvalue weighted by molar-refractivity contribution is 0.350. The number of hydrogen-bond acceptors (Lipinski definition) is 10. The van der Waals surface area contributed by atoms with Crippen molar-refractivity contribution in [2.24, 2.45) is 0 Å². The first-order chi connectivity index (χ1) is 28.1. The number of phenols is 8. The molecule has 0 atom stereocenters. The van der Waals surface area contributed by atoms with Gasteiger partial charge in [-0.25, -0.2) is 0 Å². The number of hydrogen-bond donors (Lipinski definition) is 8. The highest BCUT2D eigenvalue weighted by molar-refractivity contribution is 6.30.